The molecule has 3 heteroatoms. The molecule has 1 amide bonds. The summed E-state index contributed by atoms with van der Waals surface area (Å²) in [6.07, 6.45) is 12.0. The van der Waals surface area contributed by atoms with Crippen LogP contribution in [0.2, 0.25) is 5.02 Å². The molecule has 0 saturated carbocycles. The molecular formula is C18H27ClNO. The highest BCUT2D eigenvalue weighted by atomic mass is 35.5. The van der Waals surface area contributed by atoms with E-state index >= 15 is 0 Å². The summed E-state index contributed by atoms with van der Waals surface area (Å²) in [5.41, 5.74) is 0.764. The van der Waals surface area contributed by atoms with Crippen LogP contribution >= 0.6 is 11.6 Å². The zero-order valence-electron chi connectivity index (χ0n) is 13.1. The van der Waals surface area contributed by atoms with E-state index in [2.05, 4.69) is 18.3 Å². The summed E-state index contributed by atoms with van der Waals surface area (Å²) in [4.78, 5) is 11.7. The van der Waals surface area contributed by atoms with E-state index in [1.54, 1.807) is 18.2 Å². The Balaban J connectivity index is 1.97. The van der Waals surface area contributed by atoms with Gasteiger partial charge in [0.25, 0.3) is 0 Å². The molecule has 2 nitrogen and oxygen atoms in total. The first-order chi connectivity index (χ1) is 10.2. The molecule has 0 fully saturated rings. The summed E-state index contributed by atoms with van der Waals surface area (Å²) >= 11 is 5.75. The Kier molecular flexibility index (Phi) is 9.98. The highest BCUT2D eigenvalue weighted by molar-refractivity contribution is 6.30. The minimum atomic E-state index is 0.0775. The summed E-state index contributed by atoms with van der Waals surface area (Å²) in [5.74, 6) is 0.0775. The number of carbonyl (C=O) groups is 1. The third-order valence-corrected chi connectivity index (χ3v) is 3.80. The number of nitrogens with one attached hydrogen (secondary N) is 1. The molecule has 0 aliphatic carbocycles. The van der Waals surface area contributed by atoms with Crippen LogP contribution in [0.4, 0.5) is 5.69 Å². The number of amides is 1. The van der Waals surface area contributed by atoms with Gasteiger partial charge in [0.1, 0.15) is 0 Å². The van der Waals surface area contributed by atoms with Gasteiger partial charge in [0.15, 0.2) is 0 Å². The Morgan fingerprint density at radius 3 is 2.24 bits per heavy atom. The zero-order chi connectivity index (χ0) is 15.3. The van der Waals surface area contributed by atoms with Crippen molar-refractivity contribution in [1.29, 1.82) is 0 Å². The van der Waals surface area contributed by atoms with Crippen LogP contribution in [0, 0.1) is 6.07 Å². The molecule has 1 aromatic carbocycles. The van der Waals surface area contributed by atoms with Gasteiger partial charge in [-0.2, -0.15) is 0 Å². The maximum atomic E-state index is 11.7. The van der Waals surface area contributed by atoms with Crippen LogP contribution < -0.4 is 5.32 Å². The third kappa shape index (κ3) is 9.52. The molecule has 0 aliphatic heterocycles. The van der Waals surface area contributed by atoms with Crippen LogP contribution in [0.5, 0.6) is 0 Å². The Morgan fingerprint density at radius 1 is 1.05 bits per heavy atom. The van der Waals surface area contributed by atoms with Crippen LogP contribution in [0.3, 0.4) is 0 Å². The fourth-order valence-electron chi connectivity index (χ4n) is 2.30. The quantitative estimate of drug-likeness (QED) is 0.499. The average Bonchev–Trinajstić information content (AvgIpc) is 2.48. The normalized spacial score (nSPS) is 10.6. The molecule has 1 aromatic rings. The Labute approximate surface area is 134 Å². The maximum absolute atomic E-state index is 11.7. The van der Waals surface area contributed by atoms with Gasteiger partial charge in [-0.15, -0.1) is 0 Å². The molecule has 0 aliphatic rings. The standard InChI is InChI=1S/C18H27ClNO/c1-2-3-4-5-6-7-8-9-10-11-18(21)20-17-14-12-16(19)13-15-17/h12,14-15H,2-11H2,1H3,(H,20,21). The number of halogens is 1. The van der Waals surface area contributed by atoms with Crippen LogP contribution in [0.25, 0.3) is 0 Å². The third-order valence-electron chi connectivity index (χ3n) is 3.57. The summed E-state index contributed by atoms with van der Waals surface area (Å²) in [7, 11) is 0. The van der Waals surface area contributed by atoms with Gasteiger partial charge in [-0.05, 0) is 24.6 Å². The second-order valence-electron chi connectivity index (χ2n) is 5.55. The van der Waals surface area contributed by atoms with Gasteiger partial charge in [-0.25, -0.2) is 0 Å². The van der Waals surface area contributed by atoms with Crippen molar-refractivity contribution in [1.82, 2.24) is 0 Å². The predicted molar refractivity (Wildman–Crippen MR) is 90.8 cm³/mol. The fourth-order valence-corrected chi connectivity index (χ4v) is 2.42. The van der Waals surface area contributed by atoms with Crippen molar-refractivity contribution < 1.29 is 4.79 Å². The van der Waals surface area contributed by atoms with Gasteiger partial charge in [-0.3, -0.25) is 4.79 Å². The van der Waals surface area contributed by atoms with Crippen molar-refractivity contribution in [2.45, 2.75) is 71.1 Å². The minimum absolute atomic E-state index is 0.0775. The summed E-state index contributed by atoms with van der Waals surface area (Å²) in [6, 6.07) is 8.10. The second-order valence-corrected chi connectivity index (χ2v) is 5.96. The van der Waals surface area contributed by atoms with E-state index in [9.17, 15) is 4.79 Å². The molecule has 0 aromatic heterocycles. The molecule has 1 rings (SSSR count). The van der Waals surface area contributed by atoms with Crippen molar-refractivity contribution in [2.75, 3.05) is 5.32 Å². The van der Waals surface area contributed by atoms with Crippen molar-refractivity contribution in [3.05, 3.63) is 29.3 Å². The zero-order valence-corrected chi connectivity index (χ0v) is 13.8. The van der Waals surface area contributed by atoms with Gasteiger partial charge >= 0.3 is 0 Å². The number of anilines is 1. The largest absolute Gasteiger partial charge is 0.326 e. The molecule has 0 unspecified atom stereocenters. The topological polar surface area (TPSA) is 29.1 Å². The number of unbranched alkanes of at least 4 members (excludes halogenated alkanes) is 8. The number of rotatable bonds is 11. The van der Waals surface area contributed by atoms with E-state index < -0.39 is 0 Å². The molecule has 0 bridgehead atoms. The van der Waals surface area contributed by atoms with Crippen LogP contribution in [0.15, 0.2) is 18.2 Å². The molecule has 21 heavy (non-hydrogen) atoms. The molecule has 0 saturated heterocycles. The highest BCUT2D eigenvalue weighted by Crippen LogP contribution is 2.14. The molecule has 1 radical (unpaired) electrons. The van der Waals surface area contributed by atoms with Gasteiger partial charge in [0, 0.05) is 23.2 Å². The van der Waals surface area contributed by atoms with E-state index in [4.69, 9.17) is 11.6 Å². The Morgan fingerprint density at radius 2 is 1.67 bits per heavy atom. The van der Waals surface area contributed by atoms with Crippen molar-refractivity contribution in [2.24, 2.45) is 0 Å². The average molecular weight is 309 g/mol. The predicted octanol–water partition coefficient (Wildman–Crippen LogP) is 6.00. The maximum Gasteiger partial charge on any atom is 0.224 e. The molecule has 0 heterocycles. The summed E-state index contributed by atoms with van der Waals surface area (Å²) in [6.45, 7) is 2.24. The smallest absolute Gasteiger partial charge is 0.224 e. The monoisotopic (exact) mass is 308 g/mol. The van der Waals surface area contributed by atoms with E-state index in [0.29, 0.717) is 11.4 Å². The first-order valence-electron chi connectivity index (χ1n) is 8.19. The highest BCUT2D eigenvalue weighted by Gasteiger charge is 2.02. The van der Waals surface area contributed by atoms with Gasteiger partial charge in [0.05, 0.1) is 0 Å². The lowest BCUT2D eigenvalue weighted by Crippen LogP contribution is -2.10. The first-order valence-corrected chi connectivity index (χ1v) is 8.57. The number of hydrogen-bond donors (Lipinski definition) is 1. The van der Waals surface area contributed by atoms with E-state index in [0.717, 1.165) is 18.5 Å². The van der Waals surface area contributed by atoms with Crippen LogP contribution in [0.1, 0.15) is 71.1 Å². The molecular weight excluding hydrogens is 282 g/mol. The lowest BCUT2D eigenvalue weighted by molar-refractivity contribution is -0.116. The molecule has 1 N–H and O–H groups in total. The van der Waals surface area contributed by atoms with Crippen molar-refractivity contribution in [3.63, 3.8) is 0 Å². The molecule has 0 atom stereocenters. The molecule has 0 spiro atoms. The van der Waals surface area contributed by atoms with E-state index in [1.807, 2.05) is 0 Å². The van der Waals surface area contributed by atoms with Gasteiger partial charge < -0.3 is 5.32 Å². The van der Waals surface area contributed by atoms with Gasteiger partial charge in [-0.1, -0.05) is 69.9 Å². The van der Waals surface area contributed by atoms with E-state index in [-0.39, 0.29) is 5.91 Å². The summed E-state index contributed by atoms with van der Waals surface area (Å²) < 4.78 is 0. The number of carbonyl (C=O) groups excluding carboxylic acids is 1. The van der Waals surface area contributed by atoms with Gasteiger partial charge in [0.2, 0.25) is 5.91 Å². The minimum Gasteiger partial charge on any atom is -0.326 e. The van der Waals surface area contributed by atoms with Crippen molar-refractivity contribution >= 4 is 23.2 Å². The SMILES string of the molecule is CCCCCCCCCCCC(=O)Nc1c[c]c(Cl)cc1. The fraction of sp³-hybridized carbons (Fsp3) is 0.611. The van der Waals surface area contributed by atoms with E-state index in [1.165, 1.54) is 44.9 Å². The van der Waals surface area contributed by atoms with Crippen molar-refractivity contribution in [3.8, 4) is 0 Å². The lowest BCUT2D eigenvalue weighted by Gasteiger charge is -2.05. The summed E-state index contributed by atoms with van der Waals surface area (Å²) in [5, 5.41) is 3.43. The Hall–Kier alpha value is -1.02. The Bertz CT molecular complexity index is 389. The first kappa shape index (κ1) is 18.0. The molecule has 117 valence electrons. The number of benzene rings is 1. The number of hydrogen-bond acceptors (Lipinski definition) is 1. The lowest BCUT2D eigenvalue weighted by atomic mass is 10.1. The van der Waals surface area contributed by atoms with Crippen LogP contribution in [-0.2, 0) is 4.79 Å². The van der Waals surface area contributed by atoms with Crippen LogP contribution in [-0.4, -0.2) is 5.91 Å². The second kappa shape index (κ2) is 11.6.